The number of nitrogens with one attached hydrogen (secondary N) is 1. The average molecular weight is 387 g/mol. The van der Waals surface area contributed by atoms with Crippen molar-refractivity contribution in [3.05, 3.63) is 64.7 Å². The van der Waals surface area contributed by atoms with Gasteiger partial charge in [-0.15, -0.1) is 0 Å². The molecule has 0 aliphatic carbocycles. The van der Waals surface area contributed by atoms with Gasteiger partial charge < -0.3 is 9.80 Å². The number of aromatic nitrogens is 1. The number of pyridine rings is 1. The van der Waals surface area contributed by atoms with E-state index in [-0.39, 0.29) is 6.54 Å². The molecule has 1 aromatic heterocycles. The molecule has 0 atom stereocenters. The monoisotopic (exact) mass is 386 g/mol. The summed E-state index contributed by atoms with van der Waals surface area (Å²) in [5.41, 5.74) is 2.88. The molecule has 0 unspecified atom stereocenters. The molecule has 3 rings (SSSR count). The van der Waals surface area contributed by atoms with Gasteiger partial charge in [-0.1, -0.05) is 35.9 Å². The third-order valence-electron chi connectivity index (χ3n) is 4.65. The number of hydrogen-bond donors (Lipinski definition) is 1. The van der Waals surface area contributed by atoms with Crippen LogP contribution in [0.2, 0.25) is 0 Å². The van der Waals surface area contributed by atoms with Crippen molar-refractivity contribution in [2.75, 3.05) is 38.1 Å². The largest absolute Gasteiger partial charge is 0.354 e. The summed E-state index contributed by atoms with van der Waals surface area (Å²) >= 11 is 0. The summed E-state index contributed by atoms with van der Waals surface area (Å²) in [4.78, 5) is 8.97. The Morgan fingerprint density at radius 3 is 2.52 bits per heavy atom. The Balaban J connectivity index is 1.66. The zero-order chi connectivity index (χ0) is 19.3. The number of rotatable bonds is 6. The molecule has 144 valence electrons. The Bertz CT molecular complexity index is 886. The van der Waals surface area contributed by atoms with Crippen molar-refractivity contribution in [1.29, 1.82) is 0 Å². The van der Waals surface area contributed by atoms with Crippen LogP contribution < -0.4 is 9.62 Å². The fourth-order valence-electron chi connectivity index (χ4n) is 2.94. The van der Waals surface area contributed by atoms with Gasteiger partial charge in [-0.25, -0.2) is 18.1 Å². The first-order valence-corrected chi connectivity index (χ1v) is 10.6. The van der Waals surface area contributed by atoms with Crippen LogP contribution in [0.1, 0.15) is 16.7 Å². The van der Waals surface area contributed by atoms with E-state index < -0.39 is 10.0 Å². The lowest BCUT2D eigenvalue weighted by molar-refractivity contribution is 0.312. The molecule has 1 aromatic carbocycles. The van der Waals surface area contributed by atoms with E-state index in [1.165, 1.54) is 5.41 Å². The summed E-state index contributed by atoms with van der Waals surface area (Å²) in [5, 5.41) is 1.21. The molecular weight excluding hydrogens is 360 g/mol. The molecule has 1 N–H and O–H groups in total. The second-order valence-electron chi connectivity index (χ2n) is 6.86. The summed E-state index contributed by atoms with van der Waals surface area (Å²) in [5.74, 6) is 0.857. The lowest BCUT2D eigenvalue weighted by Crippen LogP contribution is -2.45. The second kappa shape index (κ2) is 8.65. The standard InChI is InChI=1S/C20H26N4O2S/c1-17-5-7-18(8-6-17)9-15-27(25,26)22-16-19-4-3-10-21-20(19)24-13-11-23(2)12-14-24/h3-10,15,22H,11-14,16H2,1-2H3/b15-9+. The van der Waals surface area contributed by atoms with Gasteiger partial charge in [0.2, 0.25) is 10.0 Å². The molecular formula is C20H26N4O2S. The summed E-state index contributed by atoms with van der Waals surface area (Å²) in [6, 6.07) is 11.5. The molecule has 1 fully saturated rings. The van der Waals surface area contributed by atoms with E-state index in [2.05, 4.69) is 26.6 Å². The number of anilines is 1. The van der Waals surface area contributed by atoms with Crippen molar-refractivity contribution in [2.45, 2.75) is 13.5 Å². The number of piperazine rings is 1. The molecule has 1 aliphatic rings. The van der Waals surface area contributed by atoms with Crippen LogP contribution in [-0.4, -0.2) is 51.5 Å². The van der Waals surface area contributed by atoms with Gasteiger partial charge in [-0.3, -0.25) is 0 Å². The van der Waals surface area contributed by atoms with Crippen LogP contribution in [-0.2, 0) is 16.6 Å². The summed E-state index contributed by atoms with van der Waals surface area (Å²) in [6.45, 7) is 5.94. The molecule has 2 aromatic rings. The smallest absolute Gasteiger partial charge is 0.234 e. The van der Waals surface area contributed by atoms with Crippen LogP contribution >= 0.6 is 0 Å². The fraction of sp³-hybridized carbons (Fsp3) is 0.350. The van der Waals surface area contributed by atoms with E-state index in [1.807, 2.05) is 43.3 Å². The maximum Gasteiger partial charge on any atom is 0.234 e. The summed E-state index contributed by atoms with van der Waals surface area (Å²) in [6.07, 6.45) is 3.36. The van der Waals surface area contributed by atoms with E-state index in [1.54, 1.807) is 12.3 Å². The van der Waals surface area contributed by atoms with Gasteiger partial charge in [0.25, 0.3) is 0 Å². The van der Waals surface area contributed by atoms with Gasteiger partial charge in [-0.2, -0.15) is 0 Å². The number of nitrogens with zero attached hydrogens (tertiary/aromatic N) is 3. The van der Waals surface area contributed by atoms with Crippen LogP contribution in [0.25, 0.3) is 6.08 Å². The number of benzene rings is 1. The Morgan fingerprint density at radius 2 is 1.81 bits per heavy atom. The third-order valence-corrected chi connectivity index (χ3v) is 5.69. The van der Waals surface area contributed by atoms with Gasteiger partial charge in [0.1, 0.15) is 5.82 Å². The van der Waals surface area contributed by atoms with Crippen molar-refractivity contribution in [2.24, 2.45) is 0 Å². The summed E-state index contributed by atoms with van der Waals surface area (Å²) < 4.78 is 27.3. The Labute approximate surface area is 161 Å². The molecule has 0 amide bonds. The molecule has 0 radical (unpaired) electrons. The maximum absolute atomic E-state index is 12.3. The zero-order valence-corrected chi connectivity index (χ0v) is 16.6. The SMILES string of the molecule is Cc1ccc(/C=C/S(=O)(=O)NCc2cccnc2N2CCN(C)CC2)cc1. The molecule has 0 spiro atoms. The normalized spacial score (nSPS) is 16.1. The van der Waals surface area contributed by atoms with Crippen LogP contribution in [0.15, 0.2) is 48.0 Å². The molecule has 27 heavy (non-hydrogen) atoms. The van der Waals surface area contributed by atoms with Crippen LogP contribution in [0.3, 0.4) is 0 Å². The molecule has 2 heterocycles. The summed E-state index contributed by atoms with van der Waals surface area (Å²) in [7, 11) is -1.43. The number of likely N-dealkylation sites (N-methyl/N-ethyl adjacent to an activating group) is 1. The number of aryl methyl sites for hydroxylation is 1. The highest BCUT2D eigenvalue weighted by molar-refractivity contribution is 7.92. The van der Waals surface area contributed by atoms with Crippen molar-refractivity contribution in [3.63, 3.8) is 0 Å². The van der Waals surface area contributed by atoms with Gasteiger partial charge in [0.15, 0.2) is 0 Å². The Hall–Kier alpha value is -2.22. The van der Waals surface area contributed by atoms with E-state index in [9.17, 15) is 8.42 Å². The third kappa shape index (κ3) is 5.63. The second-order valence-corrected chi connectivity index (χ2v) is 8.51. The highest BCUT2D eigenvalue weighted by Crippen LogP contribution is 2.19. The predicted molar refractivity (Wildman–Crippen MR) is 110 cm³/mol. The van der Waals surface area contributed by atoms with Crippen LogP contribution in [0.5, 0.6) is 0 Å². The minimum Gasteiger partial charge on any atom is -0.354 e. The first-order valence-electron chi connectivity index (χ1n) is 9.05. The topological polar surface area (TPSA) is 65.5 Å². The Kier molecular flexibility index (Phi) is 6.26. The number of sulfonamides is 1. The van der Waals surface area contributed by atoms with Gasteiger partial charge in [0.05, 0.1) is 0 Å². The quantitative estimate of drug-likeness (QED) is 0.825. The van der Waals surface area contributed by atoms with E-state index in [0.29, 0.717) is 0 Å². The minimum atomic E-state index is -3.53. The Morgan fingerprint density at radius 1 is 1.11 bits per heavy atom. The van der Waals surface area contributed by atoms with Crippen LogP contribution in [0, 0.1) is 6.92 Å². The zero-order valence-electron chi connectivity index (χ0n) is 15.8. The van der Waals surface area contributed by atoms with Crippen molar-refractivity contribution in [3.8, 4) is 0 Å². The fourth-order valence-corrected chi connectivity index (χ4v) is 3.73. The van der Waals surface area contributed by atoms with Crippen LogP contribution in [0.4, 0.5) is 5.82 Å². The lowest BCUT2D eigenvalue weighted by Gasteiger charge is -2.34. The maximum atomic E-state index is 12.3. The molecule has 1 aliphatic heterocycles. The molecule has 1 saturated heterocycles. The van der Waals surface area contributed by atoms with Gasteiger partial charge in [-0.05, 0) is 31.7 Å². The number of hydrogen-bond acceptors (Lipinski definition) is 5. The predicted octanol–water partition coefficient (Wildman–Crippen LogP) is 2.23. The first-order chi connectivity index (χ1) is 12.9. The molecule has 0 bridgehead atoms. The lowest BCUT2D eigenvalue weighted by atomic mass is 10.2. The average Bonchev–Trinajstić information content (AvgIpc) is 2.67. The first kappa shape index (κ1) is 19.5. The van der Waals surface area contributed by atoms with Gasteiger partial charge >= 0.3 is 0 Å². The molecule has 7 heteroatoms. The van der Waals surface area contributed by atoms with Crippen molar-refractivity contribution < 1.29 is 8.42 Å². The van der Waals surface area contributed by atoms with E-state index >= 15 is 0 Å². The van der Waals surface area contributed by atoms with Crippen molar-refractivity contribution in [1.82, 2.24) is 14.6 Å². The molecule has 6 nitrogen and oxygen atoms in total. The van der Waals surface area contributed by atoms with Crippen molar-refractivity contribution >= 4 is 21.9 Å². The highest BCUT2D eigenvalue weighted by atomic mass is 32.2. The minimum absolute atomic E-state index is 0.218. The van der Waals surface area contributed by atoms with Gasteiger partial charge in [0, 0.05) is 49.9 Å². The molecule has 0 saturated carbocycles. The highest BCUT2D eigenvalue weighted by Gasteiger charge is 2.18. The van der Waals surface area contributed by atoms with E-state index in [0.717, 1.165) is 48.7 Å². The van der Waals surface area contributed by atoms with E-state index in [4.69, 9.17) is 0 Å².